The Morgan fingerprint density at radius 1 is 1.25 bits per heavy atom. The number of nitrogens with one attached hydrogen (secondary N) is 1. The molecule has 0 spiro atoms. The van der Waals surface area contributed by atoms with Crippen LogP contribution in [0.25, 0.3) is 0 Å². The number of benzene rings is 2. The Bertz CT molecular complexity index is 648. The fraction of sp³-hybridized carbons (Fsp3) is 0.0714. The van der Waals surface area contributed by atoms with Crippen LogP contribution in [-0.2, 0) is 4.79 Å². The minimum atomic E-state index is -1.04. The van der Waals surface area contributed by atoms with Crippen LogP contribution in [0.5, 0.6) is 5.75 Å². The van der Waals surface area contributed by atoms with Gasteiger partial charge in [-0.2, -0.15) is 0 Å². The Hall–Kier alpha value is -1.72. The van der Waals surface area contributed by atoms with Crippen LogP contribution in [0.2, 0.25) is 5.02 Å². The summed E-state index contributed by atoms with van der Waals surface area (Å²) in [4.78, 5) is 11.4. The maximum absolute atomic E-state index is 11.4. The van der Waals surface area contributed by atoms with Gasteiger partial charge in [-0.1, -0.05) is 39.7 Å². The molecule has 0 saturated heterocycles. The van der Waals surface area contributed by atoms with Gasteiger partial charge in [0, 0.05) is 10.2 Å². The number of hydrogen-bond acceptors (Lipinski definition) is 3. The molecule has 1 atom stereocenters. The van der Waals surface area contributed by atoms with Crippen LogP contribution in [0.3, 0.4) is 0 Å². The minimum absolute atomic E-state index is 0.0815. The summed E-state index contributed by atoms with van der Waals surface area (Å²) >= 11 is 9.14. The molecule has 2 aromatic rings. The second kappa shape index (κ2) is 6.15. The molecule has 6 heteroatoms. The average molecular weight is 357 g/mol. The van der Waals surface area contributed by atoms with Crippen molar-refractivity contribution in [2.24, 2.45) is 0 Å². The number of carbonyl (C=O) groups is 1. The van der Waals surface area contributed by atoms with Crippen LogP contribution in [0.1, 0.15) is 11.6 Å². The molecule has 3 N–H and O–H groups in total. The van der Waals surface area contributed by atoms with Gasteiger partial charge < -0.3 is 15.5 Å². The molecule has 0 aliphatic heterocycles. The van der Waals surface area contributed by atoms with Crippen LogP contribution in [0.4, 0.5) is 5.69 Å². The van der Waals surface area contributed by atoms with E-state index in [-0.39, 0.29) is 10.8 Å². The molecule has 0 fully saturated rings. The van der Waals surface area contributed by atoms with E-state index in [0.717, 1.165) is 4.47 Å². The third-order valence-electron chi connectivity index (χ3n) is 2.69. The van der Waals surface area contributed by atoms with E-state index >= 15 is 0 Å². The first kappa shape index (κ1) is 14.7. The highest BCUT2D eigenvalue weighted by Gasteiger charge is 2.20. The van der Waals surface area contributed by atoms with Crippen LogP contribution in [0.15, 0.2) is 46.9 Å². The molecule has 0 bridgehead atoms. The van der Waals surface area contributed by atoms with Crippen LogP contribution in [-0.4, -0.2) is 16.2 Å². The molecule has 0 amide bonds. The van der Waals surface area contributed by atoms with Crippen molar-refractivity contribution in [2.45, 2.75) is 6.04 Å². The molecular weight excluding hydrogens is 346 g/mol. The first-order valence-corrected chi connectivity index (χ1v) is 6.88. The zero-order valence-electron chi connectivity index (χ0n) is 10.2. The number of phenolic OH excluding ortho intramolecular Hbond substituents is 1. The Balaban J connectivity index is 2.32. The van der Waals surface area contributed by atoms with E-state index in [1.165, 1.54) is 18.2 Å². The lowest BCUT2D eigenvalue weighted by molar-refractivity contribution is -0.138. The predicted octanol–water partition coefficient (Wildman–Crippen LogP) is 4.05. The van der Waals surface area contributed by atoms with Gasteiger partial charge in [-0.15, -0.1) is 0 Å². The van der Waals surface area contributed by atoms with Gasteiger partial charge in [0.2, 0.25) is 0 Å². The number of anilines is 1. The quantitative estimate of drug-likeness (QED) is 0.773. The molecule has 0 aliphatic carbocycles. The van der Waals surface area contributed by atoms with Crippen molar-refractivity contribution in [1.82, 2.24) is 0 Å². The van der Waals surface area contributed by atoms with Gasteiger partial charge in [0.25, 0.3) is 0 Å². The van der Waals surface area contributed by atoms with Crippen molar-refractivity contribution in [1.29, 1.82) is 0 Å². The van der Waals surface area contributed by atoms with Gasteiger partial charge in [-0.25, -0.2) is 4.79 Å². The zero-order chi connectivity index (χ0) is 14.7. The summed E-state index contributed by atoms with van der Waals surface area (Å²) in [6, 6.07) is 10.6. The fourth-order valence-corrected chi connectivity index (χ4v) is 2.32. The summed E-state index contributed by atoms with van der Waals surface area (Å²) in [6.45, 7) is 0. The number of phenols is 1. The van der Waals surface area contributed by atoms with Gasteiger partial charge in [-0.05, 0) is 35.9 Å². The smallest absolute Gasteiger partial charge is 0.330 e. The normalized spacial score (nSPS) is 11.9. The number of carboxylic acids is 1. The third-order valence-corrected chi connectivity index (χ3v) is 3.48. The monoisotopic (exact) mass is 355 g/mol. The van der Waals surface area contributed by atoms with E-state index < -0.39 is 12.0 Å². The second-order valence-corrected chi connectivity index (χ2v) is 5.46. The summed E-state index contributed by atoms with van der Waals surface area (Å²) in [5.74, 6) is -1.12. The highest BCUT2D eigenvalue weighted by Crippen LogP contribution is 2.29. The lowest BCUT2D eigenvalue weighted by atomic mass is 10.1. The number of rotatable bonds is 4. The minimum Gasteiger partial charge on any atom is -0.506 e. The molecule has 0 radical (unpaired) electrons. The van der Waals surface area contributed by atoms with Gasteiger partial charge in [0.1, 0.15) is 5.75 Å². The maximum atomic E-state index is 11.4. The maximum Gasteiger partial charge on any atom is 0.330 e. The number of carboxylic acid groups (broad SMARTS) is 1. The van der Waals surface area contributed by atoms with Crippen molar-refractivity contribution < 1.29 is 15.0 Å². The Morgan fingerprint density at radius 3 is 2.60 bits per heavy atom. The van der Waals surface area contributed by atoms with Crippen molar-refractivity contribution in [3.63, 3.8) is 0 Å². The number of aromatic hydroxyl groups is 1. The molecule has 104 valence electrons. The Kier molecular flexibility index (Phi) is 4.52. The highest BCUT2D eigenvalue weighted by atomic mass is 79.9. The van der Waals surface area contributed by atoms with Crippen molar-refractivity contribution in [2.75, 3.05) is 5.32 Å². The molecule has 1 unspecified atom stereocenters. The Labute approximate surface area is 129 Å². The summed E-state index contributed by atoms with van der Waals surface area (Å²) in [5.41, 5.74) is 1.12. The summed E-state index contributed by atoms with van der Waals surface area (Å²) in [5, 5.41) is 21.7. The van der Waals surface area contributed by atoms with Gasteiger partial charge in [0.15, 0.2) is 6.04 Å². The zero-order valence-corrected chi connectivity index (χ0v) is 12.5. The third kappa shape index (κ3) is 3.43. The summed E-state index contributed by atoms with van der Waals surface area (Å²) in [6.07, 6.45) is 0. The van der Waals surface area contributed by atoms with E-state index in [0.29, 0.717) is 11.3 Å². The lowest BCUT2D eigenvalue weighted by Gasteiger charge is -2.17. The molecule has 0 aromatic heterocycles. The molecular formula is C14H11BrClNO3. The summed E-state index contributed by atoms with van der Waals surface area (Å²) < 4.78 is 0.843. The second-order valence-electron chi connectivity index (χ2n) is 4.14. The summed E-state index contributed by atoms with van der Waals surface area (Å²) in [7, 11) is 0. The van der Waals surface area contributed by atoms with Gasteiger partial charge in [-0.3, -0.25) is 0 Å². The molecule has 4 nitrogen and oxygen atoms in total. The molecule has 20 heavy (non-hydrogen) atoms. The van der Waals surface area contributed by atoms with Crippen molar-refractivity contribution >= 4 is 39.2 Å². The van der Waals surface area contributed by atoms with Gasteiger partial charge in [0.05, 0.1) is 5.02 Å². The topological polar surface area (TPSA) is 69.6 Å². The van der Waals surface area contributed by atoms with Crippen LogP contribution >= 0.6 is 27.5 Å². The van der Waals surface area contributed by atoms with Crippen molar-refractivity contribution in [3.05, 3.63) is 57.5 Å². The van der Waals surface area contributed by atoms with Crippen LogP contribution in [0, 0.1) is 0 Å². The van der Waals surface area contributed by atoms with E-state index in [1.54, 1.807) is 18.2 Å². The highest BCUT2D eigenvalue weighted by molar-refractivity contribution is 9.10. The SMILES string of the molecule is O=C(O)C(Nc1cccc(Br)c1)c1ccc(O)c(Cl)c1. The van der Waals surface area contributed by atoms with E-state index in [4.69, 9.17) is 11.6 Å². The molecule has 2 aromatic carbocycles. The largest absolute Gasteiger partial charge is 0.506 e. The van der Waals surface area contributed by atoms with E-state index in [9.17, 15) is 15.0 Å². The first-order valence-electron chi connectivity index (χ1n) is 5.70. The number of halogens is 2. The molecule has 2 rings (SSSR count). The van der Waals surface area contributed by atoms with Crippen molar-refractivity contribution in [3.8, 4) is 5.75 Å². The molecule has 0 saturated carbocycles. The van der Waals surface area contributed by atoms with E-state index in [1.807, 2.05) is 6.07 Å². The first-order chi connectivity index (χ1) is 9.47. The average Bonchev–Trinajstić information content (AvgIpc) is 2.39. The van der Waals surface area contributed by atoms with Crippen LogP contribution < -0.4 is 5.32 Å². The fourth-order valence-electron chi connectivity index (χ4n) is 1.74. The number of aliphatic carboxylic acids is 1. The Morgan fingerprint density at radius 2 is 2.00 bits per heavy atom. The molecule has 0 heterocycles. The standard InChI is InChI=1S/C14H11BrClNO3/c15-9-2-1-3-10(7-9)17-13(14(19)20)8-4-5-12(18)11(16)6-8/h1-7,13,17-18H,(H,19,20). The predicted molar refractivity (Wildman–Crippen MR) is 81.3 cm³/mol. The molecule has 0 aliphatic rings. The lowest BCUT2D eigenvalue weighted by Crippen LogP contribution is -2.20. The number of hydrogen-bond donors (Lipinski definition) is 3. The van der Waals surface area contributed by atoms with E-state index in [2.05, 4.69) is 21.2 Å². The van der Waals surface area contributed by atoms with Gasteiger partial charge >= 0.3 is 5.97 Å².